The topological polar surface area (TPSA) is 35.5 Å². The average Bonchev–Trinajstić information content (AvgIpc) is 2.79. The summed E-state index contributed by atoms with van der Waals surface area (Å²) in [6, 6.07) is 10.4. The average molecular weight is 321 g/mol. The minimum Gasteiger partial charge on any atom is -0.389 e. The zero-order valence-corrected chi connectivity index (χ0v) is 13.3. The van der Waals surface area contributed by atoms with E-state index in [2.05, 4.69) is 5.32 Å². The highest BCUT2D eigenvalue weighted by atomic mass is 35.5. The van der Waals surface area contributed by atoms with Crippen LogP contribution in [0.4, 0.5) is 15.8 Å². The lowest BCUT2D eigenvalue weighted by molar-refractivity contribution is 0.0880. The molecule has 3 rings (SSSR count). The van der Waals surface area contributed by atoms with E-state index in [1.165, 1.54) is 6.07 Å². The highest BCUT2D eigenvalue weighted by molar-refractivity contribution is 6.30. The minimum absolute atomic E-state index is 0.340. The second-order valence-corrected chi connectivity index (χ2v) is 6.64. The molecule has 1 aliphatic heterocycles. The lowest BCUT2D eigenvalue weighted by atomic mass is 10.0. The Kier molecular flexibility index (Phi) is 3.75. The molecule has 0 aromatic heterocycles. The molecule has 116 valence electrons. The molecule has 0 aliphatic carbocycles. The Bertz CT molecular complexity index is 712. The molecule has 0 atom stereocenters. The van der Waals surface area contributed by atoms with Crippen LogP contribution in [0.15, 0.2) is 36.4 Å². The van der Waals surface area contributed by atoms with Gasteiger partial charge in [0.1, 0.15) is 5.82 Å². The number of nitrogens with one attached hydrogen (secondary N) is 1. The predicted octanol–water partition coefficient (Wildman–Crippen LogP) is 4.11. The van der Waals surface area contributed by atoms with Gasteiger partial charge in [-0.15, -0.1) is 0 Å². The van der Waals surface area contributed by atoms with Crippen LogP contribution in [-0.2, 0) is 0 Å². The van der Waals surface area contributed by atoms with Crippen molar-refractivity contribution < 1.29 is 9.50 Å². The highest BCUT2D eigenvalue weighted by Gasteiger charge is 2.25. The number of aliphatic hydroxyl groups is 1. The van der Waals surface area contributed by atoms with Gasteiger partial charge in [-0.2, -0.15) is 0 Å². The second kappa shape index (κ2) is 5.45. The van der Waals surface area contributed by atoms with Gasteiger partial charge in [-0.05, 0) is 49.7 Å². The van der Waals surface area contributed by atoms with E-state index in [0.29, 0.717) is 23.8 Å². The van der Waals surface area contributed by atoms with Crippen LogP contribution in [0.5, 0.6) is 0 Å². The number of fused-ring (bicyclic) bond motifs is 1. The molecule has 0 bridgehead atoms. The molecule has 1 heterocycles. The van der Waals surface area contributed by atoms with Crippen molar-refractivity contribution in [2.24, 2.45) is 0 Å². The van der Waals surface area contributed by atoms with Crippen LogP contribution < -0.4 is 10.2 Å². The van der Waals surface area contributed by atoms with Crippen LogP contribution in [0.1, 0.15) is 13.8 Å². The van der Waals surface area contributed by atoms with E-state index >= 15 is 0 Å². The summed E-state index contributed by atoms with van der Waals surface area (Å²) in [6.07, 6.45) is 0. The summed E-state index contributed by atoms with van der Waals surface area (Å²) < 4.78 is 14.1. The van der Waals surface area contributed by atoms with Gasteiger partial charge in [-0.3, -0.25) is 0 Å². The molecule has 0 unspecified atom stereocenters. The summed E-state index contributed by atoms with van der Waals surface area (Å²) in [4.78, 5) is 2.05. The second-order valence-electron chi connectivity index (χ2n) is 6.20. The van der Waals surface area contributed by atoms with Crippen LogP contribution >= 0.6 is 11.6 Å². The third-order valence-electron chi connectivity index (χ3n) is 3.62. The molecule has 2 aromatic carbocycles. The van der Waals surface area contributed by atoms with Crippen LogP contribution in [0.25, 0.3) is 11.1 Å². The Morgan fingerprint density at radius 2 is 2.05 bits per heavy atom. The number of nitrogens with zero attached hydrogens (tertiary/aromatic N) is 1. The molecule has 2 N–H and O–H groups in total. The lowest BCUT2D eigenvalue weighted by Crippen LogP contribution is -2.38. The molecule has 2 aromatic rings. The van der Waals surface area contributed by atoms with Crippen molar-refractivity contribution in [1.82, 2.24) is 0 Å². The molecule has 1 aliphatic rings. The van der Waals surface area contributed by atoms with E-state index in [9.17, 15) is 9.50 Å². The summed E-state index contributed by atoms with van der Waals surface area (Å²) in [5.41, 5.74) is 2.46. The quantitative estimate of drug-likeness (QED) is 0.893. The van der Waals surface area contributed by atoms with E-state index in [1.54, 1.807) is 26.0 Å². The third-order valence-corrected chi connectivity index (χ3v) is 3.85. The number of benzene rings is 2. The fraction of sp³-hybridized carbons (Fsp3) is 0.294. The number of rotatable bonds is 3. The van der Waals surface area contributed by atoms with Crippen molar-refractivity contribution in [1.29, 1.82) is 0 Å². The maximum absolute atomic E-state index is 14.1. The summed E-state index contributed by atoms with van der Waals surface area (Å²) in [6.45, 7) is 4.67. The molecule has 0 saturated heterocycles. The molecule has 0 spiro atoms. The normalized spacial score (nSPS) is 14.0. The zero-order chi connectivity index (χ0) is 15.9. The highest BCUT2D eigenvalue weighted by Crippen LogP contribution is 2.37. The van der Waals surface area contributed by atoms with Gasteiger partial charge in [0.15, 0.2) is 0 Å². The fourth-order valence-electron chi connectivity index (χ4n) is 2.71. The first-order chi connectivity index (χ1) is 10.3. The first kappa shape index (κ1) is 15.1. The van der Waals surface area contributed by atoms with Gasteiger partial charge in [-0.25, -0.2) is 4.39 Å². The van der Waals surface area contributed by atoms with Gasteiger partial charge in [-0.1, -0.05) is 17.7 Å². The summed E-state index contributed by atoms with van der Waals surface area (Å²) in [5, 5.41) is 13.7. The third kappa shape index (κ3) is 3.03. The van der Waals surface area contributed by atoms with E-state index in [1.807, 2.05) is 23.1 Å². The smallest absolute Gasteiger partial charge is 0.132 e. The summed E-state index contributed by atoms with van der Waals surface area (Å²) in [5.74, 6) is -0.340. The lowest BCUT2D eigenvalue weighted by Gasteiger charge is -2.26. The molecule has 0 saturated carbocycles. The van der Waals surface area contributed by atoms with Crippen LogP contribution in [0.2, 0.25) is 5.02 Å². The summed E-state index contributed by atoms with van der Waals surface area (Å²) in [7, 11) is 0. The van der Waals surface area contributed by atoms with Crippen molar-refractivity contribution in [2.75, 3.05) is 23.4 Å². The Morgan fingerprint density at radius 3 is 2.73 bits per heavy atom. The van der Waals surface area contributed by atoms with Gasteiger partial charge < -0.3 is 15.3 Å². The Labute approximate surface area is 134 Å². The van der Waals surface area contributed by atoms with Crippen molar-refractivity contribution in [3.05, 3.63) is 47.2 Å². The molecule has 22 heavy (non-hydrogen) atoms. The van der Waals surface area contributed by atoms with Gasteiger partial charge >= 0.3 is 0 Å². The molecule has 3 nitrogen and oxygen atoms in total. The number of hydrogen-bond acceptors (Lipinski definition) is 3. The zero-order valence-electron chi connectivity index (χ0n) is 12.5. The fourth-order valence-corrected chi connectivity index (χ4v) is 2.87. The van der Waals surface area contributed by atoms with Crippen LogP contribution in [-0.4, -0.2) is 23.9 Å². The van der Waals surface area contributed by atoms with Crippen molar-refractivity contribution in [2.45, 2.75) is 19.4 Å². The van der Waals surface area contributed by atoms with Gasteiger partial charge in [0.05, 0.1) is 23.6 Å². The molecular weight excluding hydrogens is 303 g/mol. The Balaban J connectivity index is 1.98. The van der Waals surface area contributed by atoms with Crippen molar-refractivity contribution in [3.8, 4) is 11.1 Å². The van der Waals surface area contributed by atoms with Crippen molar-refractivity contribution in [3.63, 3.8) is 0 Å². The first-order valence-electron chi connectivity index (χ1n) is 7.14. The molecule has 0 fully saturated rings. The first-order valence-corrected chi connectivity index (χ1v) is 7.52. The van der Waals surface area contributed by atoms with E-state index in [-0.39, 0.29) is 5.82 Å². The predicted molar refractivity (Wildman–Crippen MR) is 89.0 cm³/mol. The molecule has 0 amide bonds. The van der Waals surface area contributed by atoms with E-state index in [4.69, 9.17) is 11.6 Å². The van der Waals surface area contributed by atoms with Gasteiger partial charge in [0.2, 0.25) is 0 Å². The SMILES string of the molecule is CC(C)(O)CN1CNc2ccc(-c3ccc(Cl)cc3F)cc21. The Hall–Kier alpha value is -1.78. The van der Waals surface area contributed by atoms with E-state index in [0.717, 1.165) is 16.9 Å². The van der Waals surface area contributed by atoms with E-state index < -0.39 is 5.60 Å². The maximum atomic E-state index is 14.1. The summed E-state index contributed by atoms with van der Waals surface area (Å²) >= 11 is 5.81. The standard InChI is InChI=1S/C17H18ClFN2O/c1-17(2,22)9-21-10-20-15-6-3-11(7-16(15)21)13-5-4-12(18)8-14(13)19/h3-8,20,22H,9-10H2,1-2H3. The van der Waals surface area contributed by atoms with Crippen LogP contribution in [0.3, 0.4) is 0 Å². The van der Waals surface area contributed by atoms with Crippen LogP contribution in [0, 0.1) is 5.82 Å². The largest absolute Gasteiger partial charge is 0.389 e. The maximum Gasteiger partial charge on any atom is 0.132 e. The molecule has 5 heteroatoms. The molecular formula is C17H18ClFN2O. The minimum atomic E-state index is -0.801. The van der Waals surface area contributed by atoms with Gasteiger partial charge in [0, 0.05) is 17.1 Å². The number of β-amino-alcohol motifs (C(OH)–C–C–N with tert-alkyl or cyclic N) is 1. The molecule has 0 radical (unpaired) electrons. The van der Waals surface area contributed by atoms with Crippen molar-refractivity contribution >= 4 is 23.0 Å². The number of anilines is 2. The number of hydrogen-bond donors (Lipinski definition) is 2. The Morgan fingerprint density at radius 1 is 1.27 bits per heavy atom. The van der Waals surface area contributed by atoms with Gasteiger partial charge in [0.25, 0.3) is 0 Å². The monoisotopic (exact) mass is 320 g/mol. The number of halogens is 2.